The van der Waals surface area contributed by atoms with E-state index in [1.54, 1.807) is 23.5 Å². The molecule has 4 heteroatoms. The molecule has 0 unspecified atom stereocenters. The van der Waals surface area contributed by atoms with Crippen LogP contribution in [0.25, 0.3) is 12.3 Å². The summed E-state index contributed by atoms with van der Waals surface area (Å²) in [6.07, 6.45) is 4.02. The van der Waals surface area contributed by atoms with Gasteiger partial charge >= 0.3 is 0 Å². The molecule has 0 saturated carbocycles. The molecule has 11 heavy (non-hydrogen) atoms. The highest BCUT2D eigenvalue weighted by Gasteiger charge is 2.01. The second-order valence-electron chi connectivity index (χ2n) is 2.22. The summed E-state index contributed by atoms with van der Waals surface area (Å²) in [4.78, 5) is 9.22. The number of hydroxylamine groups is 2. The number of hydrogen-bond acceptors (Lipinski definition) is 4. The van der Waals surface area contributed by atoms with Gasteiger partial charge in [-0.1, -0.05) is 0 Å². The minimum Gasteiger partial charge on any atom is -0.277 e. The summed E-state index contributed by atoms with van der Waals surface area (Å²) < 4.78 is 1.16. The van der Waals surface area contributed by atoms with E-state index in [9.17, 15) is 0 Å². The standard InChI is InChI=1S/C7H8N2OS/c1-10-9-3-2-6-7(4-9)11-5-8-6/h2,4-5H,3H2,1H3. The number of nitrogens with zero attached hydrogens (tertiary/aromatic N) is 2. The van der Waals surface area contributed by atoms with Gasteiger partial charge in [-0.25, -0.2) is 4.98 Å². The van der Waals surface area contributed by atoms with E-state index in [0.717, 1.165) is 16.4 Å². The number of hydrogen-bond donors (Lipinski definition) is 0. The third kappa shape index (κ3) is 1.15. The van der Waals surface area contributed by atoms with Crippen LogP contribution in [-0.2, 0) is 4.84 Å². The molecule has 1 aliphatic heterocycles. The summed E-state index contributed by atoms with van der Waals surface area (Å²) in [5.74, 6) is 0. The molecule has 0 radical (unpaired) electrons. The molecule has 1 aromatic rings. The van der Waals surface area contributed by atoms with E-state index in [4.69, 9.17) is 4.84 Å². The summed E-state index contributed by atoms with van der Waals surface area (Å²) in [6.45, 7) is 0.785. The van der Waals surface area contributed by atoms with Gasteiger partial charge in [0.1, 0.15) is 0 Å². The summed E-state index contributed by atoms with van der Waals surface area (Å²) in [5, 5.41) is 2.85. The van der Waals surface area contributed by atoms with Crippen LogP contribution < -0.4 is 9.88 Å². The van der Waals surface area contributed by atoms with Crippen molar-refractivity contribution in [2.75, 3.05) is 13.7 Å². The van der Waals surface area contributed by atoms with E-state index >= 15 is 0 Å². The molecule has 0 amide bonds. The van der Waals surface area contributed by atoms with Gasteiger partial charge in [-0.2, -0.15) is 0 Å². The zero-order valence-electron chi connectivity index (χ0n) is 6.15. The Kier molecular flexibility index (Phi) is 1.63. The first kappa shape index (κ1) is 6.82. The Morgan fingerprint density at radius 1 is 1.73 bits per heavy atom. The zero-order valence-corrected chi connectivity index (χ0v) is 6.97. The molecule has 0 fully saturated rings. The first-order valence-electron chi connectivity index (χ1n) is 3.32. The van der Waals surface area contributed by atoms with Crippen LogP contribution in [0.5, 0.6) is 0 Å². The molecule has 0 saturated heterocycles. The van der Waals surface area contributed by atoms with Crippen molar-refractivity contribution in [3.05, 3.63) is 15.4 Å². The molecule has 3 nitrogen and oxygen atoms in total. The molecule has 2 heterocycles. The lowest BCUT2D eigenvalue weighted by Gasteiger charge is -2.15. The number of rotatable bonds is 1. The summed E-state index contributed by atoms with van der Waals surface area (Å²) >= 11 is 1.62. The van der Waals surface area contributed by atoms with Crippen molar-refractivity contribution in [2.24, 2.45) is 0 Å². The topological polar surface area (TPSA) is 25.4 Å². The van der Waals surface area contributed by atoms with E-state index in [0.29, 0.717) is 0 Å². The van der Waals surface area contributed by atoms with Crippen molar-refractivity contribution < 1.29 is 4.84 Å². The Labute approximate surface area is 68.2 Å². The van der Waals surface area contributed by atoms with Crippen molar-refractivity contribution >= 4 is 23.6 Å². The Hall–Kier alpha value is -0.870. The summed E-state index contributed by atoms with van der Waals surface area (Å²) in [6, 6.07) is 0. The van der Waals surface area contributed by atoms with E-state index in [2.05, 4.69) is 11.1 Å². The Morgan fingerprint density at radius 2 is 2.64 bits per heavy atom. The SMILES string of the molecule is CON1C=c2scnc2=CC1. The fourth-order valence-corrected chi connectivity index (χ4v) is 1.72. The van der Waals surface area contributed by atoms with E-state index < -0.39 is 0 Å². The Balaban J connectivity index is 2.53. The molecule has 1 aromatic heterocycles. The molecule has 58 valence electrons. The molecule has 0 spiro atoms. The van der Waals surface area contributed by atoms with E-state index in [1.807, 2.05) is 11.7 Å². The Morgan fingerprint density at radius 3 is 3.45 bits per heavy atom. The Bertz CT molecular complexity index is 357. The van der Waals surface area contributed by atoms with Crippen LogP contribution in [0.15, 0.2) is 5.51 Å². The molecule has 0 N–H and O–H groups in total. The van der Waals surface area contributed by atoms with Gasteiger partial charge < -0.3 is 0 Å². The minimum atomic E-state index is 0.785. The number of fused-ring (bicyclic) bond motifs is 1. The predicted molar refractivity (Wildman–Crippen MR) is 44.0 cm³/mol. The highest BCUT2D eigenvalue weighted by molar-refractivity contribution is 7.07. The van der Waals surface area contributed by atoms with Crippen LogP contribution in [0.4, 0.5) is 0 Å². The quantitative estimate of drug-likeness (QED) is 0.567. The number of thiazole rings is 1. The van der Waals surface area contributed by atoms with Gasteiger partial charge in [0.25, 0.3) is 0 Å². The van der Waals surface area contributed by atoms with E-state index in [-0.39, 0.29) is 0 Å². The normalized spacial score (nSPS) is 15.2. The maximum atomic E-state index is 5.04. The molecular formula is C7H8N2OS. The highest BCUT2D eigenvalue weighted by atomic mass is 32.1. The van der Waals surface area contributed by atoms with Crippen molar-refractivity contribution in [2.45, 2.75) is 0 Å². The van der Waals surface area contributed by atoms with Gasteiger partial charge in [0.2, 0.25) is 0 Å². The predicted octanol–water partition coefficient (Wildman–Crippen LogP) is -0.461. The largest absolute Gasteiger partial charge is 0.277 e. The lowest BCUT2D eigenvalue weighted by Crippen LogP contribution is -2.32. The highest BCUT2D eigenvalue weighted by Crippen LogP contribution is 1.93. The van der Waals surface area contributed by atoms with Crippen molar-refractivity contribution in [1.82, 2.24) is 10.0 Å². The average Bonchev–Trinajstić information content (AvgIpc) is 2.50. The van der Waals surface area contributed by atoms with Gasteiger partial charge in [0.15, 0.2) is 0 Å². The average molecular weight is 168 g/mol. The summed E-state index contributed by atoms with van der Waals surface area (Å²) in [7, 11) is 1.66. The van der Waals surface area contributed by atoms with Crippen LogP contribution in [0.1, 0.15) is 0 Å². The van der Waals surface area contributed by atoms with Crippen LogP contribution >= 0.6 is 11.3 Å². The fraction of sp³-hybridized carbons (Fsp3) is 0.286. The fourth-order valence-electron chi connectivity index (χ4n) is 1.00. The second kappa shape index (κ2) is 2.64. The molecule has 2 rings (SSSR count). The van der Waals surface area contributed by atoms with Crippen LogP contribution in [-0.4, -0.2) is 23.7 Å². The molecule has 0 aliphatic carbocycles. The maximum absolute atomic E-state index is 5.04. The molecule has 0 atom stereocenters. The minimum absolute atomic E-state index is 0.785. The lowest BCUT2D eigenvalue weighted by atomic mass is 10.4. The zero-order chi connectivity index (χ0) is 7.68. The van der Waals surface area contributed by atoms with Crippen LogP contribution in [0.2, 0.25) is 0 Å². The monoisotopic (exact) mass is 168 g/mol. The van der Waals surface area contributed by atoms with Gasteiger partial charge in [-0.3, -0.25) is 9.90 Å². The van der Waals surface area contributed by atoms with Crippen molar-refractivity contribution in [1.29, 1.82) is 0 Å². The smallest absolute Gasteiger partial charge is 0.0806 e. The third-order valence-corrected chi connectivity index (χ3v) is 2.36. The second-order valence-corrected chi connectivity index (χ2v) is 3.10. The first-order valence-corrected chi connectivity index (χ1v) is 4.20. The van der Waals surface area contributed by atoms with Gasteiger partial charge in [-0.15, -0.1) is 11.3 Å². The van der Waals surface area contributed by atoms with Crippen LogP contribution in [0, 0.1) is 0 Å². The number of aromatic nitrogens is 1. The molecule has 0 bridgehead atoms. The maximum Gasteiger partial charge on any atom is 0.0806 e. The molecule has 1 aliphatic rings. The van der Waals surface area contributed by atoms with Gasteiger partial charge in [0.05, 0.1) is 29.0 Å². The van der Waals surface area contributed by atoms with Gasteiger partial charge in [-0.05, 0) is 6.08 Å². The summed E-state index contributed by atoms with van der Waals surface area (Å²) in [5.41, 5.74) is 1.84. The van der Waals surface area contributed by atoms with Gasteiger partial charge in [0, 0.05) is 6.20 Å². The van der Waals surface area contributed by atoms with Crippen molar-refractivity contribution in [3.63, 3.8) is 0 Å². The van der Waals surface area contributed by atoms with Crippen molar-refractivity contribution in [3.8, 4) is 0 Å². The third-order valence-electron chi connectivity index (χ3n) is 1.58. The lowest BCUT2D eigenvalue weighted by molar-refractivity contribution is -0.0583. The molecular weight excluding hydrogens is 160 g/mol. The molecule has 0 aromatic carbocycles. The van der Waals surface area contributed by atoms with Crippen LogP contribution in [0.3, 0.4) is 0 Å². The van der Waals surface area contributed by atoms with E-state index in [1.165, 1.54) is 0 Å². The first-order chi connectivity index (χ1) is 5.40.